The first kappa shape index (κ1) is 16.0. The van der Waals surface area contributed by atoms with E-state index in [9.17, 15) is 14.4 Å². The topological polar surface area (TPSA) is 101 Å². The second-order valence-corrected chi connectivity index (χ2v) is 5.65. The molecule has 4 N–H and O–H groups in total. The van der Waals surface area contributed by atoms with Crippen molar-refractivity contribution in [2.24, 2.45) is 11.7 Å². The highest BCUT2D eigenvalue weighted by Gasteiger charge is 2.31. The lowest BCUT2D eigenvalue weighted by Crippen LogP contribution is -2.47. The number of rotatable bonds is 5. The number of amides is 3. The Hall–Kier alpha value is -2.37. The molecule has 118 valence electrons. The molecule has 1 atom stereocenters. The van der Waals surface area contributed by atoms with Crippen LogP contribution in [0.25, 0.3) is 0 Å². The third kappa shape index (κ3) is 4.07. The number of benzene rings is 1. The van der Waals surface area contributed by atoms with Gasteiger partial charge in [0.05, 0.1) is 0 Å². The predicted molar refractivity (Wildman–Crippen MR) is 83.2 cm³/mol. The first-order valence-electron chi connectivity index (χ1n) is 7.45. The average Bonchev–Trinajstić information content (AvgIpc) is 2.99. The molecule has 6 heteroatoms. The molecule has 0 heterocycles. The Morgan fingerprint density at radius 1 is 1.14 bits per heavy atom. The summed E-state index contributed by atoms with van der Waals surface area (Å²) < 4.78 is 0. The van der Waals surface area contributed by atoms with Crippen LogP contribution in [-0.2, 0) is 9.59 Å². The molecule has 1 aliphatic rings. The van der Waals surface area contributed by atoms with Gasteiger partial charge in [-0.05, 0) is 43.0 Å². The molecule has 1 saturated carbocycles. The summed E-state index contributed by atoms with van der Waals surface area (Å²) in [5.41, 5.74) is 6.13. The molecule has 1 aromatic carbocycles. The molecule has 0 spiro atoms. The zero-order valence-corrected chi connectivity index (χ0v) is 12.6. The first-order chi connectivity index (χ1) is 10.5. The van der Waals surface area contributed by atoms with E-state index in [-0.39, 0.29) is 17.7 Å². The van der Waals surface area contributed by atoms with Crippen molar-refractivity contribution < 1.29 is 14.4 Å². The van der Waals surface area contributed by atoms with Gasteiger partial charge in [-0.3, -0.25) is 14.4 Å². The van der Waals surface area contributed by atoms with Gasteiger partial charge in [0.1, 0.15) is 6.04 Å². The molecule has 0 bridgehead atoms. The van der Waals surface area contributed by atoms with Gasteiger partial charge in [-0.25, -0.2) is 0 Å². The van der Waals surface area contributed by atoms with Gasteiger partial charge in [-0.2, -0.15) is 0 Å². The zero-order chi connectivity index (χ0) is 16.1. The average molecular weight is 303 g/mol. The van der Waals surface area contributed by atoms with Crippen LogP contribution in [-0.4, -0.2) is 23.8 Å². The maximum atomic E-state index is 12.4. The number of nitrogens with two attached hydrogens (primary N) is 1. The first-order valence-corrected chi connectivity index (χ1v) is 7.45. The van der Waals surface area contributed by atoms with Crippen LogP contribution in [0.4, 0.5) is 5.69 Å². The Morgan fingerprint density at radius 3 is 2.23 bits per heavy atom. The van der Waals surface area contributed by atoms with Crippen LogP contribution in [0.5, 0.6) is 0 Å². The van der Waals surface area contributed by atoms with Crippen molar-refractivity contribution in [3.05, 3.63) is 29.8 Å². The number of carbonyl (C=O) groups is 3. The van der Waals surface area contributed by atoms with Crippen LogP contribution in [0.15, 0.2) is 24.3 Å². The largest absolute Gasteiger partial charge is 0.366 e. The fourth-order valence-electron chi connectivity index (χ4n) is 2.85. The van der Waals surface area contributed by atoms with Crippen molar-refractivity contribution in [3.8, 4) is 0 Å². The van der Waals surface area contributed by atoms with Crippen molar-refractivity contribution in [2.45, 2.75) is 38.6 Å². The molecule has 0 radical (unpaired) electrons. The van der Waals surface area contributed by atoms with Crippen molar-refractivity contribution in [2.75, 3.05) is 5.32 Å². The number of hydrogen-bond donors (Lipinski definition) is 3. The van der Waals surface area contributed by atoms with E-state index < -0.39 is 11.9 Å². The van der Waals surface area contributed by atoms with Gasteiger partial charge in [-0.15, -0.1) is 0 Å². The standard InChI is InChI=1S/C16H21N3O3/c1-10(20)18-14(11-4-2-3-5-11)16(22)19-13-8-6-12(7-9-13)15(17)21/h6-9,11,14H,2-5H2,1H3,(H2,17,21)(H,18,20)(H,19,22)/t14-/m0/s1. The molecule has 0 saturated heterocycles. The van der Waals surface area contributed by atoms with Gasteiger partial charge in [0.15, 0.2) is 0 Å². The monoisotopic (exact) mass is 303 g/mol. The van der Waals surface area contributed by atoms with Gasteiger partial charge < -0.3 is 16.4 Å². The highest BCUT2D eigenvalue weighted by atomic mass is 16.2. The van der Waals surface area contributed by atoms with Crippen molar-refractivity contribution in [1.82, 2.24) is 5.32 Å². The van der Waals surface area contributed by atoms with E-state index in [0.29, 0.717) is 11.3 Å². The van der Waals surface area contributed by atoms with E-state index >= 15 is 0 Å². The maximum Gasteiger partial charge on any atom is 0.248 e. The van der Waals surface area contributed by atoms with Gasteiger partial charge in [0.2, 0.25) is 17.7 Å². The summed E-state index contributed by atoms with van der Waals surface area (Å²) >= 11 is 0. The normalized spacial score (nSPS) is 16.0. The van der Waals surface area contributed by atoms with Gasteiger partial charge >= 0.3 is 0 Å². The predicted octanol–water partition coefficient (Wildman–Crippen LogP) is 1.42. The molecule has 2 rings (SSSR count). The number of anilines is 1. The fourth-order valence-corrected chi connectivity index (χ4v) is 2.85. The lowest BCUT2D eigenvalue weighted by molar-refractivity contribution is -0.126. The summed E-state index contributed by atoms with van der Waals surface area (Å²) in [5.74, 6) is -0.779. The lowest BCUT2D eigenvalue weighted by atomic mass is 9.97. The summed E-state index contributed by atoms with van der Waals surface area (Å²) in [6.45, 7) is 1.41. The van der Waals surface area contributed by atoms with Crippen molar-refractivity contribution in [1.29, 1.82) is 0 Å². The van der Waals surface area contributed by atoms with E-state index in [1.807, 2.05) is 0 Å². The van der Waals surface area contributed by atoms with E-state index in [1.54, 1.807) is 24.3 Å². The summed E-state index contributed by atoms with van der Waals surface area (Å²) in [5, 5.41) is 5.53. The quantitative estimate of drug-likeness (QED) is 0.766. The van der Waals surface area contributed by atoms with Gasteiger partial charge in [-0.1, -0.05) is 12.8 Å². The Bertz CT molecular complexity index is 563. The summed E-state index contributed by atoms with van der Waals surface area (Å²) in [7, 11) is 0. The smallest absolute Gasteiger partial charge is 0.248 e. The Kier molecular flexibility index (Phi) is 5.14. The second kappa shape index (κ2) is 7.06. The molecule has 1 fully saturated rings. The maximum absolute atomic E-state index is 12.4. The highest BCUT2D eigenvalue weighted by molar-refractivity contribution is 5.98. The molecular weight excluding hydrogens is 282 g/mol. The Morgan fingerprint density at radius 2 is 1.73 bits per heavy atom. The molecule has 22 heavy (non-hydrogen) atoms. The zero-order valence-electron chi connectivity index (χ0n) is 12.6. The third-order valence-corrected chi connectivity index (χ3v) is 3.95. The molecule has 0 aromatic heterocycles. The van der Waals surface area contributed by atoms with Crippen LogP contribution in [0, 0.1) is 5.92 Å². The minimum absolute atomic E-state index is 0.175. The fraction of sp³-hybridized carbons (Fsp3) is 0.438. The number of primary amides is 1. The van der Waals surface area contributed by atoms with Crippen LogP contribution in [0.3, 0.4) is 0 Å². The Balaban J connectivity index is 2.06. The molecule has 0 aliphatic heterocycles. The van der Waals surface area contributed by atoms with E-state index in [2.05, 4.69) is 10.6 Å². The van der Waals surface area contributed by atoms with Crippen LogP contribution in [0.2, 0.25) is 0 Å². The van der Waals surface area contributed by atoms with Crippen LogP contribution in [0.1, 0.15) is 43.0 Å². The molecule has 3 amide bonds. The molecule has 0 unspecified atom stereocenters. The summed E-state index contributed by atoms with van der Waals surface area (Å²) in [6, 6.07) is 5.84. The van der Waals surface area contributed by atoms with Gasteiger partial charge in [0.25, 0.3) is 0 Å². The minimum Gasteiger partial charge on any atom is -0.366 e. The van der Waals surface area contributed by atoms with E-state index in [4.69, 9.17) is 5.73 Å². The number of carbonyl (C=O) groups excluding carboxylic acids is 3. The lowest BCUT2D eigenvalue weighted by Gasteiger charge is -2.23. The summed E-state index contributed by atoms with van der Waals surface area (Å²) in [6.07, 6.45) is 4.06. The number of nitrogens with one attached hydrogen (secondary N) is 2. The van der Waals surface area contributed by atoms with E-state index in [1.165, 1.54) is 6.92 Å². The summed E-state index contributed by atoms with van der Waals surface area (Å²) in [4.78, 5) is 34.8. The van der Waals surface area contributed by atoms with Crippen molar-refractivity contribution in [3.63, 3.8) is 0 Å². The highest BCUT2D eigenvalue weighted by Crippen LogP contribution is 2.28. The molecule has 1 aromatic rings. The van der Waals surface area contributed by atoms with Gasteiger partial charge in [0, 0.05) is 18.2 Å². The van der Waals surface area contributed by atoms with E-state index in [0.717, 1.165) is 25.7 Å². The second-order valence-electron chi connectivity index (χ2n) is 5.65. The van der Waals surface area contributed by atoms with Crippen LogP contribution < -0.4 is 16.4 Å². The molecule has 6 nitrogen and oxygen atoms in total. The number of hydrogen-bond acceptors (Lipinski definition) is 3. The molecule has 1 aliphatic carbocycles. The van der Waals surface area contributed by atoms with Crippen LogP contribution >= 0.6 is 0 Å². The Labute approximate surface area is 129 Å². The third-order valence-electron chi connectivity index (χ3n) is 3.95. The molecular formula is C16H21N3O3. The van der Waals surface area contributed by atoms with Crippen molar-refractivity contribution >= 4 is 23.4 Å². The minimum atomic E-state index is -0.518. The SMILES string of the molecule is CC(=O)N[C@H](C(=O)Nc1ccc(C(N)=O)cc1)C1CCCC1.